The summed E-state index contributed by atoms with van der Waals surface area (Å²) in [4.78, 5) is 4.16. The molecule has 0 radical (unpaired) electrons. The summed E-state index contributed by atoms with van der Waals surface area (Å²) in [7, 11) is 0. The van der Waals surface area contributed by atoms with E-state index in [1.165, 1.54) is 0 Å². The number of benzene rings is 1. The van der Waals surface area contributed by atoms with Crippen LogP contribution in [0.25, 0.3) is 0 Å². The number of pyridine rings is 1. The van der Waals surface area contributed by atoms with Crippen molar-refractivity contribution in [1.82, 2.24) is 4.98 Å². The van der Waals surface area contributed by atoms with Gasteiger partial charge in [0.1, 0.15) is 17.8 Å². The zero-order chi connectivity index (χ0) is 13.9. The van der Waals surface area contributed by atoms with Crippen LogP contribution in [-0.4, -0.2) is 18.2 Å². The van der Waals surface area contributed by atoms with E-state index < -0.39 is 0 Å². The summed E-state index contributed by atoms with van der Waals surface area (Å²) in [6.07, 6.45) is 1.73. The van der Waals surface area contributed by atoms with Gasteiger partial charge in [-0.05, 0) is 45.8 Å². The molecule has 0 amide bonds. The summed E-state index contributed by atoms with van der Waals surface area (Å²) in [5.41, 5.74) is 1.95. The van der Waals surface area contributed by atoms with Crippen LogP contribution in [-0.2, 0) is 6.54 Å². The first-order chi connectivity index (χ1) is 9.74. The number of hydrogen-bond acceptors (Lipinski definition) is 4. The van der Waals surface area contributed by atoms with Crippen LogP contribution < -0.4 is 14.8 Å². The molecule has 0 fully saturated rings. The number of fused-ring (bicyclic) bond motifs is 1. The van der Waals surface area contributed by atoms with Gasteiger partial charge in [0.2, 0.25) is 0 Å². The van der Waals surface area contributed by atoms with E-state index in [1.807, 2.05) is 24.3 Å². The van der Waals surface area contributed by atoms with Crippen LogP contribution in [0.5, 0.6) is 11.5 Å². The molecule has 3 rings (SSSR count). The molecule has 0 spiro atoms. The van der Waals surface area contributed by atoms with Crippen molar-refractivity contribution in [2.24, 2.45) is 0 Å². The molecular formula is C14H12BrClN2O2. The van der Waals surface area contributed by atoms with Crippen molar-refractivity contribution in [3.05, 3.63) is 45.7 Å². The van der Waals surface area contributed by atoms with Crippen LogP contribution in [0.3, 0.4) is 0 Å². The number of rotatable bonds is 3. The highest BCUT2D eigenvalue weighted by molar-refractivity contribution is 9.10. The molecule has 20 heavy (non-hydrogen) atoms. The predicted octanol–water partition coefficient (Wildman–Crippen LogP) is 3.88. The number of nitrogens with one attached hydrogen (secondary N) is 1. The zero-order valence-electron chi connectivity index (χ0n) is 10.5. The summed E-state index contributed by atoms with van der Waals surface area (Å²) in [5.74, 6) is 1.33. The number of ether oxygens (including phenoxy) is 2. The number of nitrogens with zero attached hydrogens (tertiary/aromatic N) is 1. The minimum Gasteiger partial charge on any atom is -0.486 e. The quantitative estimate of drug-likeness (QED) is 0.849. The molecule has 6 heteroatoms. The topological polar surface area (TPSA) is 43.4 Å². The second kappa shape index (κ2) is 5.89. The zero-order valence-corrected chi connectivity index (χ0v) is 12.9. The standard InChI is InChI=1S/C14H12BrClN2O2/c15-14-11(2-1-3-17-14)18-8-9-6-10(16)13-12(7-9)19-4-5-20-13/h1-3,6-7,18H,4-5,8H2. The van der Waals surface area contributed by atoms with Crippen LogP contribution in [0, 0.1) is 0 Å². The Labute approximate surface area is 130 Å². The molecule has 1 aromatic carbocycles. The van der Waals surface area contributed by atoms with Crippen LogP contribution >= 0.6 is 27.5 Å². The molecule has 1 aliphatic heterocycles. The third-order valence-corrected chi connectivity index (χ3v) is 3.81. The molecule has 0 unspecified atom stereocenters. The van der Waals surface area contributed by atoms with Gasteiger partial charge < -0.3 is 14.8 Å². The number of hydrogen-bond donors (Lipinski definition) is 1. The number of aromatic nitrogens is 1. The Hall–Kier alpha value is -1.46. The molecule has 1 aromatic heterocycles. The van der Waals surface area contributed by atoms with Gasteiger partial charge in [-0.2, -0.15) is 0 Å². The Morgan fingerprint density at radius 1 is 1.30 bits per heavy atom. The first kappa shape index (κ1) is 13.5. The van der Waals surface area contributed by atoms with E-state index in [2.05, 4.69) is 26.2 Å². The van der Waals surface area contributed by atoms with Gasteiger partial charge >= 0.3 is 0 Å². The number of anilines is 1. The van der Waals surface area contributed by atoms with Gasteiger partial charge in [0.15, 0.2) is 11.5 Å². The lowest BCUT2D eigenvalue weighted by molar-refractivity contribution is 0.171. The maximum absolute atomic E-state index is 6.21. The average Bonchev–Trinajstić information content (AvgIpc) is 2.46. The second-order valence-corrected chi connectivity index (χ2v) is 5.46. The molecule has 0 saturated carbocycles. The van der Waals surface area contributed by atoms with E-state index in [-0.39, 0.29) is 0 Å². The Balaban J connectivity index is 1.78. The van der Waals surface area contributed by atoms with Gasteiger partial charge in [-0.3, -0.25) is 0 Å². The second-order valence-electron chi connectivity index (χ2n) is 4.30. The van der Waals surface area contributed by atoms with E-state index in [9.17, 15) is 0 Å². The summed E-state index contributed by atoms with van der Waals surface area (Å²) in [6, 6.07) is 7.66. The Morgan fingerprint density at radius 3 is 3.00 bits per heavy atom. The molecule has 0 saturated heterocycles. The Bertz CT molecular complexity index is 637. The smallest absolute Gasteiger partial charge is 0.179 e. The molecule has 2 heterocycles. The first-order valence-corrected chi connectivity index (χ1v) is 7.33. The summed E-state index contributed by atoms with van der Waals surface area (Å²) >= 11 is 9.61. The lowest BCUT2D eigenvalue weighted by Crippen LogP contribution is -2.16. The SMILES string of the molecule is Clc1cc(CNc2cccnc2Br)cc2c1OCCO2. The maximum atomic E-state index is 6.21. The minimum atomic E-state index is 0.535. The predicted molar refractivity (Wildman–Crippen MR) is 81.7 cm³/mol. The first-order valence-electron chi connectivity index (χ1n) is 6.16. The number of halogens is 2. The van der Waals surface area contributed by atoms with E-state index in [4.69, 9.17) is 21.1 Å². The fraction of sp³-hybridized carbons (Fsp3) is 0.214. The van der Waals surface area contributed by atoms with Crippen molar-refractivity contribution in [2.45, 2.75) is 6.54 Å². The molecule has 0 aliphatic carbocycles. The van der Waals surface area contributed by atoms with Crippen LogP contribution in [0.15, 0.2) is 35.1 Å². The van der Waals surface area contributed by atoms with Crippen LogP contribution in [0.2, 0.25) is 5.02 Å². The molecular weight excluding hydrogens is 344 g/mol. The minimum absolute atomic E-state index is 0.535. The fourth-order valence-corrected chi connectivity index (χ4v) is 2.66. The molecule has 2 aromatic rings. The third-order valence-electron chi connectivity index (χ3n) is 2.90. The Morgan fingerprint density at radius 2 is 2.15 bits per heavy atom. The van der Waals surface area contributed by atoms with Gasteiger partial charge in [0, 0.05) is 12.7 Å². The van der Waals surface area contributed by atoms with Crippen LogP contribution in [0.1, 0.15) is 5.56 Å². The Kier molecular flexibility index (Phi) is 3.98. The van der Waals surface area contributed by atoms with E-state index in [0.29, 0.717) is 36.3 Å². The molecule has 0 bridgehead atoms. The van der Waals surface area contributed by atoms with Gasteiger partial charge in [-0.1, -0.05) is 11.6 Å². The van der Waals surface area contributed by atoms with Crippen molar-refractivity contribution in [2.75, 3.05) is 18.5 Å². The average molecular weight is 356 g/mol. The van der Waals surface area contributed by atoms with E-state index in [0.717, 1.165) is 15.9 Å². The highest BCUT2D eigenvalue weighted by Gasteiger charge is 2.16. The molecule has 1 aliphatic rings. The van der Waals surface area contributed by atoms with Gasteiger partial charge in [0.05, 0.1) is 10.7 Å². The maximum Gasteiger partial charge on any atom is 0.179 e. The molecule has 1 N–H and O–H groups in total. The molecule has 4 nitrogen and oxygen atoms in total. The molecule has 104 valence electrons. The fourth-order valence-electron chi connectivity index (χ4n) is 1.98. The highest BCUT2D eigenvalue weighted by atomic mass is 79.9. The van der Waals surface area contributed by atoms with Crippen LogP contribution in [0.4, 0.5) is 5.69 Å². The van der Waals surface area contributed by atoms with Crippen molar-refractivity contribution in [1.29, 1.82) is 0 Å². The van der Waals surface area contributed by atoms with E-state index in [1.54, 1.807) is 6.20 Å². The molecule has 0 atom stereocenters. The summed E-state index contributed by atoms with van der Waals surface area (Å²) < 4.78 is 11.8. The largest absolute Gasteiger partial charge is 0.486 e. The van der Waals surface area contributed by atoms with Gasteiger partial charge in [-0.25, -0.2) is 4.98 Å². The normalized spacial score (nSPS) is 13.1. The van der Waals surface area contributed by atoms with E-state index >= 15 is 0 Å². The summed E-state index contributed by atoms with van der Waals surface area (Å²) in [6.45, 7) is 1.71. The highest BCUT2D eigenvalue weighted by Crippen LogP contribution is 2.38. The lowest BCUT2D eigenvalue weighted by Gasteiger charge is -2.20. The van der Waals surface area contributed by atoms with Gasteiger partial charge in [-0.15, -0.1) is 0 Å². The van der Waals surface area contributed by atoms with Crippen molar-refractivity contribution in [3.63, 3.8) is 0 Å². The van der Waals surface area contributed by atoms with Crippen molar-refractivity contribution in [3.8, 4) is 11.5 Å². The third kappa shape index (κ3) is 2.83. The summed E-state index contributed by atoms with van der Waals surface area (Å²) in [5, 5.41) is 3.87. The van der Waals surface area contributed by atoms with Crippen molar-refractivity contribution < 1.29 is 9.47 Å². The lowest BCUT2D eigenvalue weighted by atomic mass is 10.2. The van der Waals surface area contributed by atoms with Crippen molar-refractivity contribution >= 4 is 33.2 Å². The van der Waals surface area contributed by atoms with Gasteiger partial charge in [0.25, 0.3) is 0 Å². The monoisotopic (exact) mass is 354 g/mol.